The van der Waals surface area contributed by atoms with Gasteiger partial charge in [-0.15, -0.1) is 0 Å². The fraction of sp³-hybridized carbons (Fsp3) is 0.300. The summed E-state index contributed by atoms with van der Waals surface area (Å²) in [7, 11) is 0. The molecule has 70 valence electrons. The average molecular weight is 180 g/mol. The van der Waals surface area contributed by atoms with Crippen LogP contribution in [0.15, 0.2) is 36.3 Å². The molecule has 1 aliphatic heterocycles. The fourth-order valence-electron chi connectivity index (χ4n) is 0.893. The van der Waals surface area contributed by atoms with E-state index in [1.165, 1.54) is 6.26 Å². The number of rotatable bonds is 3. The molecule has 0 radical (unpaired) electrons. The van der Waals surface area contributed by atoms with Crippen molar-refractivity contribution in [3.05, 3.63) is 36.3 Å². The summed E-state index contributed by atoms with van der Waals surface area (Å²) in [4.78, 5) is 11.0. The molecule has 3 nitrogen and oxygen atoms in total. The van der Waals surface area contributed by atoms with Gasteiger partial charge in [-0.3, -0.25) is 4.79 Å². The first kappa shape index (κ1) is 9.58. The van der Waals surface area contributed by atoms with Crippen molar-refractivity contribution in [3.63, 3.8) is 0 Å². The van der Waals surface area contributed by atoms with Crippen LogP contribution in [-0.4, -0.2) is 12.6 Å². The Morgan fingerprint density at radius 2 is 2.31 bits per heavy atom. The molecule has 0 saturated carbocycles. The van der Waals surface area contributed by atoms with Gasteiger partial charge in [0.25, 0.3) is 0 Å². The lowest BCUT2D eigenvalue weighted by Crippen LogP contribution is -2.05. The minimum Gasteiger partial charge on any atom is -0.469 e. The van der Waals surface area contributed by atoms with Gasteiger partial charge < -0.3 is 9.47 Å². The molecule has 0 spiro atoms. The van der Waals surface area contributed by atoms with Crippen molar-refractivity contribution < 1.29 is 14.3 Å². The molecule has 0 amide bonds. The van der Waals surface area contributed by atoms with E-state index in [0.29, 0.717) is 12.4 Å². The molecular formula is C10H12O3. The Morgan fingerprint density at radius 1 is 1.46 bits per heavy atom. The van der Waals surface area contributed by atoms with Crippen molar-refractivity contribution in [1.82, 2.24) is 0 Å². The number of carbonyl (C=O) groups is 1. The Kier molecular flexibility index (Phi) is 3.82. The minimum absolute atomic E-state index is 0.183. The predicted octanol–water partition coefficient (Wildman–Crippen LogP) is 1.92. The maximum absolute atomic E-state index is 11.0. The molecule has 13 heavy (non-hydrogen) atoms. The molecule has 0 aromatic carbocycles. The summed E-state index contributed by atoms with van der Waals surface area (Å²) in [5.41, 5.74) is 0. The van der Waals surface area contributed by atoms with E-state index in [1.54, 1.807) is 19.1 Å². The second-order valence-corrected chi connectivity index (χ2v) is 2.45. The van der Waals surface area contributed by atoms with Crippen molar-refractivity contribution in [3.8, 4) is 0 Å². The standard InChI is InChI=1S/C10H12O3/c1-2-12-10(11)8-9-6-4-3-5-7-13-9/h3-7H,2,8H2,1H3. The molecule has 0 atom stereocenters. The molecule has 0 fully saturated rings. The largest absolute Gasteiger partial charge is 0.469 e. The summed E-state index contributed by atoms with van der Waals surface area (Å²) in [5, 5.41) is 0. The third-order valence-corrected chi connectivity index (χ3v) is 1.43. The topological polar surface area (TPSA) is 35.5 Å². The molecule has 1 aliphatic rings. The number of ether oxygens (including phenoxy) is 2. The quantitative estimate of drug-likeness (QED) is 0.622. The van der Waals surface area contributed by atoms with Gasteiger partial charge in [0.1, 0.15) is 12.2 Å². The van der Waals surface area contributed by atoms with Crippen LogP contribution in [0.4, 0.5) is 0 Å². The molecule has 1 heterocycles. The lowest BCUT2D eigenvalue weighted by molar-refractivity contribution is -0.142. The number of esters is 1. The van der Waals surface area contributed by atoms with E-state index in [4.69, 9.17) is 9.47 Å². The van der Waals surface area contributed by atoms with Gasteiger partial charge in [0.05, 0.1) is 12.9 Å². The molecular weight excluding hydrogens is 168 g/mol. The van der Waals surface area contributed by atoms with Gasteiger partial charge in [0.15, 0.2) is 0 Å². The van der Waals surface area contributed by atoms with Crippen LogP contribution in [0.3, 0.4) is 0 Å². The molecule has 0 unspecified atom stereocenters. The highest BCUT2D eigenvalue weighted by Gasteiger charge is 2.06. The number of hydrogen-bond acceptors (Lipinski definition) is 3. The van der Waals surface area contributed by atoms with E-state index in [1.807, 2.05) is 12.2 Å². The zero-order valence-electron chi connectivity index (χ0n) is 7.53. The van der Waals surface area contributed by atoms with Crippen LogP contribution in [0.5, 0.6) is 0 Å². The average Bonchev–Trinajstić information content (AvgIpc) is 2.33. The SMILES string of the molecule is CCOC(=O)CC1=CC=CC=CO1. The highest BCUT2D eigenvalue weighted by Crippen LogP contribution is 2.08. The lowest BCUT2D eigenvalue weighted by Gasteiger charge is -2.04. The monoisotopic (exact) mass is 180 g/mol. The first-order chi connectivity index (χ1) is 6.33. The summed E-state index contributed by atoms with van der Waals surface area (Å²) < 4.78 is 9.91. The molecule has 0 saturated heterocycles. The Bertz CT molecular complexity index is 261. The van der Waals surface area contributed by atoms with Crippen LogP contribution in [0.25, 0.3) is 0 Å². The summed E-state index contributed by atoms with van der Waals surface area (Å²) in [5.74, 6) is 0.334. The first-order valence-corrected chi connectivity index (χ1v) is 4.17. The van der Waals surface area contributed by atoms with Gasteiger partial charge in [0, 0.05) is 0 Å². The smallest absolute Gasteiger partial charge is 0.313 e. The lowest BCUT2D eigenvalue weighted by atomic mass is 10.3. The second-order valence-electron chi connectivity index (χ2n) is 2.45. The van der Waals surface area contributed by atoms with Gasteiger partial charge in [0.2, 0.25) is 0 Å². The summed E-state index contributed by atoms with van der Waals surface area (Å²) in [6.45, 7) is 2.18. The first-order valence-electron chi connectivity index (χ1n) is 4.17. The van der Waals surface area contributed by atoms with Gasteiger partial charge in [-0.25, -0.2) is 0 Å². The molecule has 0 aromatic heterocycles. The minimum atomic E-state index is -0.266. The van der Waals surface area contributed by atoms with Gasteiger partial charge in [-0.05, 0) is 19.1 Å². The number of carbonyl (C=O) groups excluding carboxylic acids is 1. The van der Waals surface area contributed by atoms with Gasteiger partial charge >= 0.3 is 5.97 Å². The van der Waals surface area contributed by atoms with Crippen molar-refractivity contribution in [2.24, 2.45) is 0 Å². The van der Waals surface area contributed by atoms with Crippen LogP contribution >= 0.6 is 0 Å². The normalized spacial score (nSPS) is 14.4. The maximum Gasteiger partial charge on any atom is 0.313 e. The predicted molar refractivity (Wildman–Crippen MR) is 48.7 cm³/mol. The van der Waals surface area contributed by atoms with E-state index < -0.39 is 0 Å². The number of hydrogen-bond donors (Lipinski definition) is 0. The van der Waals surface area contributed by atoms with E-state index >= 15 is 0 Å². The Labute approximate surface area is 77.3 Å². The highest BCUT2D eigenvalue weighted by molar-refractivity contribution is 5.72. The van der Waals surface area contributed by atoms with E-state index in [2.05, 4.69) is 0 Å². The van der Waals surface area contributed by atoms with Gasteiger partial charge in [-0.2, -0.15) is 0 Å². The highest BCUT2D eigenvalue weighted by atomic mass is 16.5. The zero-order chi connectivity index (χ0) is 9.52. The summed E-state index contributed by atoms with van der Waals surface area (Å²) in [6, 6.07) is 0. The number of allylic oxidation sites excluding steroid dienone is 4. The third-order valence-electron chi connectivity index (χ3n) is 1.43. The molecule has 3 heteroatoms. The second kappa shape index (κ2) is 5.19. The Hall–Kier alpha value is -1.51. The zero-order valence-corrected chi connectivity index (χ0v) is 7.53. The van der Waals surface area contributed by atoms with E-state index in [9.17, 15) is 4.79 Å². The van der Waals surface area contributed by atoms with E-state index in [0.717, 1.165) is 0 Å². The van der Waals surface area contributed by atoms with Crippen molar-refractivity contribution >= 4 is 5.97 Å². The Balaban J connectivity index is 2.44. The third kappa shape index (κ3) is 3.60. The molecule has 0 aromatic rings. The summed E-state index contributed by atoms with van der Waals surface area (Å²) >= 11 is 0. The molecule has 0 N–H and O–H groups in total. The molecule has 0 aliphatic carbocycles. The van der Waals surface area contributed by atoms with Crippen molar-refractivity contribution in [2.45, 2.75) is 13.3 Å². The molecule has 0 bridgehead atoms. The summed E-state index contributed by atoms with van der Waals surface area (Å²) in [6.07, 6.45) is 8.87. The van der Waals surface area contributed by atoms with Crippen LogP contribution in [-0.2, 0) is 14.3 Å². The van der Waals surface area contributed by atoms with Gasteiger partial charge in [-0.1, -0.05) is 12.2 Å². The van der Waals surface area contributed by atoms with Crippen LogP contribution < -0.4 is 0 Å². The van der Waals surface area contributed by atoms with Crippen molar-refractivity contribution in [1.29, 1.82) is 0 Å². The van der Waals surface area contributed by atoms with Crippen LogP contribution in [0.1, 0.15) is 13.3 Å². The fourth-order valence-corrected chi connectivity index (χ4v) is 0.893. The maximum atomic E-state index is 11.0. The van der Waals surface area contributed by atoms with Crippen molar-refractivity contribution in [2.75, 3.05) is 6.61 Å². The van der Waals surface area contributed by atoms with E-state index in [-0.39, 0.29) is 12.4 Å². The Morgan fingerprint density at radius 3 is 3.08 bits per heavy atom. The van der Waals surface area contributed by atoms with Crippen LogP contribution in [0, 0.1) is 0 Å². The van der Waals surface area contributed by atoms with Crippen LogP contribution in [0.2, 0.25) is 0 Å². The molecule has 1 rings (SSSR count).